The average molecular weight is 274 g/mol. The summed E-state index contributed by atoms with van der Waals surface area (Å²) in [6, 6.07) is 5.03. The highest BCUT2D eigenvalue weighted by molar-refractivity contribution is 5.81. The van der Waals surface area contributed by atoms with Gasteiger partial charge in [0.1, 0.15) is 5.82 Å². The van der Waals surface area contributed by atoms with E-state index in [1.807, 2.05) is 10.7 Å². The molecule has 1 aromatic heterocycles. The topological polar surface area (TPSA) is 44.1 Å². The van der Waals surface area contributed by atoms with E-state index in [9.17, 15) is 9.18 Å². The van der Waals surface area contributed by atoms with Crippen LogP contribution in [0.3, 0.4) is 0 Å². The number of benzene rings is 1. The summed E-state index contributed by atoms with van der Waals surface area (Å²) in [7, 11) is 1.44. The summed E-state index contributed by atoms with van der Waals surface area (Å²) < 4.78 is 20.3. The van der Waals surface area contributed by atoms with Gasteiger partial charge in [0.05, 0.1) is 29.6 Å². The molecular formula is C15H15FN2O2. The molecular weight excluding hydrogens is 259 g/mol. The molecule has 0 amide bonds. The van der Waals surface area contributed by atoms with Gasteiger partial charge in [0.2, 0.25) is 0 Å². The van der Waals surface area contributed by atoms with Crippen LogP contribution >= 0.6 is 0 Å². The molecule has 0 spiro atoms. The highest BCUT2D eigenvalue weighted by atomic mass is 19.1. The molecule has 5 heteroatoms. The van der Waals surface area contributed by atoms with Crippen LogP contribution in [0, 0.1) is 16.6 Å². The lowest BCUT2D eigenvalue weighted by Crippen LogP contribution is -2.67. The minimum absolute atomic E-state index is 0.0873. The standard InChI is InChI=1S/C15H15FN2O2/c1-20-13(19)15-6-14(7-15,8-15)9-18-12-4-2-3-11(16)10(12)5-17-18/h2-5H,6-9H2,1H3. The minimum Gasteiger partial charge on any atom is -0.469 e. The number of nitrogens with zero attached hydrogens (tertiary/aromatic N) is 2. The first kappa shape index (κ1) is 11.9. The Kier molecular flexibility index (Phi) is 2.13. The highest BCUT2D eigenvalue weighted by Crippen LogP contribution is 2.74. The Morgan fingerprint density at radius 2 is 2.20 bits per heavy atom. The Morgan fingerprint density at radius 1 is 1.45 bits per heavy atom. The molecule has 3 fully saturated rings. The Bertz CT molecular complexity index is 702. The highest BCUT2D eigenvalue weighted by Gasteiger charge is 2.72. The predicted molar refractivity (Wildman–Crippen MR) is 70.4 cm³/mol. The van der Waals surface area contributed by atoms with Gasteiger partial charge < -0.3 is 4.74 Å². The van der Waals surface area contributed by atoms with E-state index in [1.54, 1.807) is 12.3 Å². The first-order chi connectivity index (χ1) is 9.57. The zero-order valence-electron chi connectivity index (χ0n) is 11.2. The quantitative estimate of drug-likeness (QED) is 0.808. The fourth-order valence-corrected chi connectivity index (χ4v) is 4.11. The number of aromatic nitrogens is 2. The third kappa shape index (κ3) is 1.35. The summed E-state index contributed by atoms with van der Waals surface area (Å²) in [6.07, 6.45) is 4.17. The molecule has 0 unspecified atom stereocenters. The number of ether oxygens (including phenoxy) is 1. The summed E-state index contributed by atoms with van der Waals surface area (Å²) in [4.78, 5) is 11.7. The first-order valence-electron chi connectivity index (χ1n) is 6.76. The number of carbonyl (C=O) groups excluding carboxylic acids is 1. The van der Waals surface area contributed by atoms with Gasteiger partial charge in [0.15, 0.2) is 0 Å². The Hall–Kier alpha value is -1.91. The second kappa shape index (κ2) is 3.59. The molecule has 0 atom stereocenters. The Morgan fingerprint density at radius 3 is 2.90 bits per heavy atom. The second-order valence-electron chi connectivity index (χ2n) is 6.28. The number of hydrogen-bond donors (Lipinski definition) is 0. The molecule has 4 nitrogen and oxygen atoms in total. The van der Waals surface area contributed by atoms with Crippen LogP contribution in [0.1, 0.15) is 19.3 Å². The molecule has 1 aromatic carbocycles. The van der Waals surface area contributed by atoms with Crippen LogP contribution in [-0.4, -0.2) is 22.9 Å². The van der Waals surface area contributed by atoms with Crippen molar-refractivity contribution in [3.05, 3.63) is 30.2 Å². The number of rotatable bonds is 3. The van der Waals surface area contributed by atoms with E-state index in [0.29, 0.717) is 5.39 Å². The van der Waals surface area contributed by atoms with Gasteiger partial charge in [0, 0.05) is 6.54 Å². The Balaban J connectivity index is 1.57. The lowest BCUT2D eigenvalue weighted by Gasteiger charge is -2.68. The van der Waals surface area contributed by atoms with Crippen molar-refractivity contribution in [3.63, 3.8) is 0 Å². The smallest absolute Gasteiger partial charge is 0.311 e. The molecule has 20 heavy (non-hydrogen) atoms. The fourth-order valence-electron chi connectivity index (χ4n) is 4.11. The molecule has 0 saturated heterocycles. The van der Waals surface area contributed by atoms with Gasteiger partial charge in [-0.2, -0.15) is 5.10 Å². The molecule has 0 aliphatic heterocycles. The van der Waals surface area contributed by atoms with Crippen molar-refractivity contribution in [2.45, 2.75) is 25.8 Å². The number of carbonyl (C=O) groups is 1. The van der Waals surface area contributed by atoms with E-state index >= 15 is 0 Å². The number of halogens is 1. The number of esters is 1. The SMILES string of the molecule is COC(=O)C12CC(Cn3ncc4c(F)cccc43)(C1)C2. The molecule has 3 aliphatic carbocycles. The van der Waals surface area contributed by atoms with E-state index in [1.165, 1.54) is 13.2 Å². The third-order valence-corrected chi connectivity index (χ3v) is 4.88. The van der Waals surface area contributed by atoms with Crippen LogP contribution in [0.4, 0.5) is 4.39 Å². The normalized spacial score (nSPS) is 30.7. The average Bonchev–Trinajstić information content (AvgIpc) is 2.76. The number of methoxy groups -OCH3 is 1. The summed E-state index contributed by atoms with van der Waals surface area (Å²) in [5.74, 6) is -0.326. The number of hydrogen-bond acceptors (Lipinski definition) is 3. The lowest BCUT2D eigenvalue weighted by molar-refractivity contribution is -0.230. The summed E-state index contributed by atoms with van der Waals surface area (Å²) in [5, 5.41) is 4.85. The van der Waals surface area contributed by atoms with Crippen molar-refractivity contribution in [1.29, 1.82) is 0 Å². The third-order valence-electron chi connectivity index (χ3n) is 4.88. The second-order valence-corrected chi connectivity index (χ2v) is 6.28. The molecule has 3 aliphatic rings. The molecule has 3 saturated carbocycles. The summed E-state index contributed by atoms with van der Waals surface area (Å²) in [6.45, 7) is 0.749. The molecule has 0 N–H and O–H groups in total. The van der Waals surface area contributed by atoms with Crippen molar-refractivity contribution < 1.29 is 13.9 Å². The van der Waals surface area contributed by atoms with Gasteiger partial charge in [-0.1, -0.05) is 6.07 Å². The summed E-state index contributed by atoms with van der Waals surface area (Å²) in [5.41, 5.74) is 0.740. The maximum Gasteiger partial charge on any atom is 0.311 e. The molecule has 104 valence electrons. The van der Waals surface area contributed by atoms with E-state index in [2.05, 4.69) is 5.10 Å². The Labute approximate surface area is 115 Å². The first-order valence-corrected chi connectivity index (χ1v) is 6.76. The summed E-state index contributed by atoms with van der Waals surface area (Å²) >= 11 is 0. The van der Waals surface area contributed by atoms with Gasteiger partial charge in [-0.15, -0.1) is 0 Å². The maximum absolute atomic E-state index is 13.6. The van der Waals surface area contributed by atoms with Crippen LogP contribution in [0.2, 0.25) is 0 Å². The van der Waals surface area contributed by atoms with Gasteiger partial charge in [-0.25, -0.2) is 4.39 Å². The van der Waals surface area contributed by atoms with E-state index < -0.39 is 0 Å². The van der Waals surface area contributed by atoms with E-state index in [0.717, 1.165) is 31.3 Å². The van der Waals surface area contributed by atoms with Crippen molar-refractivity contribution in [1.82, 2.24) is 9.78 Å². The minimum atomic E-state index is -0.239. The zero-order valence-corrected chi connectivity index (χ0v) is 11.2. The van der Waals surface area contributed by atoms with Crippen molar-refractivity contribution >= 4 is 16.9 Å². The van der Waals surface area contributed by atoms with Crippen molar-refractivity contribution in [3.8, 4) is 0 Å². The van der Waals surface area contributed by atoms with Crippen LogP contribution in [0.25, 0.3) is 10.9 Å². The lowest BCUT2D eigenvalue weighted by atomic mass is 9.35. The van der Waals surface area contributed by atoms with E-state index in [4.69, 9.17) is 4.74 Å². The van der Waals surface area contributed by atoms with Gasteiger partial charge >= 0.3 is 5.97 Å². The van der Waals surface area contributed by atoms with Crippen LogP contribution in [-0.2, 0) is 16.1 Å². The van der Waals surface area contributed by atoms with Gasteiger partial charge in [-0.3, -0.25) is 9.48 Å². The zero-order chi connectivity index (χ0) is 14.0. The fraction of sp³-hybridized carbons (Fsp3) is 0.467. The number of fused-ring (bicyclic) bond motifs is 1. The maximum atomic E-state index is 13.6. The van der Waals surface area contributed by atoms with Crippen LogP contribution < -0.4 is 0 Å². The largest absolute Gasteiger partial charge is 0.469 e. The van der Waals surface area contributed by atoms with Gasteiger partial charge in [0.25, 0.3) is 0 Å². The van der Waals surface area contributed by atoms with Crippen LogP contribution in [0.15, 0.2) is 24.4 Å². The monoisotopic (exact) mass is 274 g/mol. The molecule has 1 heterocycles. The van der Waals surface area contributed by atoms with Gasteiger partial charge in [-0.05, 0) is 36.8 Å². The molecule has 2 bridgehead atoms. The van der Waals surface area contributed by atoms with E-state index in [-0.39, 0.29) is 22.6 Å². The van der Waals surface area contributed by atoms with Crippen LogP contribution in [0.5, 0.6) is 0 Å². The molecule has 5 rings (SSSR count). The van der Waals surface area contributed by atoms with Crippen molar-refractivity contribution in [2.24, 2.45) is 10.8 Å². The molecule has 0 radical (unpaired) electrons. The predicted octanol–water partition coefficient (Wildman–Crippen LogP) is 2.52. The molecule has 2 aromatic rings. The van der Waals surface area contributed by atoms with Crippen molar-refractivity contribution in [2.75, 3.05) is 7.11 Å².